The van der Waals surface area contributed by atoms with Gasteiger partial charge >= 0.3 is 0 Å². The number of ketones is 1. The van der Waals surface area contributed by atoms with Crippen LogP contribution < -0.4 is 0 Å². The van der Waals surface area contributed by atoms with Gasteiger partial charge in [0.1, 0.15) is 0 Å². The lowest BCUT2D eigenvalue weighted by Crippen LogP contribution is -2.16. The molecule has 0 amide bonds. The number of hydrogen-bond acceptors (Lipinski definition) is 2. The molecule has 1 aliphatic rings. The van der Waals surface area contributed by atoms with Crippen molar-refractivity contribution in [2.45, 2.75) is 13.8 Å². The number of benzene rings is 2. The van der Waals surface area contributed by atoms with Gasteiger partial charge in [-0.2, -0.15) is 11.8 Å². The molecule has 0 bridgehead atoms. The lowest BCUT2D eigenvalue weighted by atomic mass is 9.98. The van der Waals surface area contributed by atoms with Gasteiger partial charge in [0, 0.05) is 22.7 Å². The van der Waals surface area contributed by atoms with Crippen LogP contribution in [0, 0.1) is 13.8 Å². The molecule has 0 aromatic heterocycles. The van der Waals surface area contributed by atoms with Crippen LogP contribution in [0.2, 0.25) is 0 Å². The summed E-state index contributed by atoms with van der Waals surface area (Å²) < 4.78 is 0. The fraction of sp³-hybridized carbons (Fsp3) is 0.190. The predicted octanol–water partition coefficient (Wildman–Crippen LogP) is 5.09. The molecule has 0 saturated carbocycles. The van der Waals surface area contributed by atoms with E-state index in [4.69, 9.17) is 0 Å². The molecule has 0 unspecified atom stereocenters. The minimum atomic E-state index is 0.190. The van der Waals surface area contributed by atoms with Gasteiger partial charge in [0.05, 0.1) is 0 Å². The first kappa shape index (κ1) is 15.8. The van der Waals surface area contributed by atoms with E-state index in [1.807, 2.05) is 36.0 Å². The smallest absolute Gasteiger partial charge is 0.186 e. The summed E-state index contributed by atoms with van der Waals surface area (Å²) >= 11 is 1.81. The molecule has 1 fully saturated rings. The van der Waals surface area contributed by atoms with Crippen molar-refractivity contribution in [1.82, 2.24) is 0 Å². The van der Waals surface area contributed by atoms with Gasteiger partial charge in [0.2, 0.25) is 0 Å². The quantitative estimate of drug-likeness (QED) is 0.717. The zero-order valence-electron chi connectivity index (χ0n) is 13.5. The van der Waals surface area contributed by atoms with Crippen molar-refractivity contribution in [3.05, 3.63) is 81.9 Å². The van der Waals surface area contributed by atoms with Crippen LogP contribution in [0.1, 0.15) is 22.3 Å². The third-order valence-electron chi connectivity index (χ3n) is 4.13. The van der Waals surface area contributed by atoms with Gasteiger partial charge in [-0.3, -0.25) is 4.79 Å². The van der Waals surface area contributed by atoms with E-state index in [0.717, 1.165) is 33.8 Å². The normalized spacial score (nSPS) is 18.6. The van der Waals surface area contributed by atoms with Gasteiger partial charge in [0.15, 0.2) is 5.78 Å². The molecule has 0 N–H and O–H groups in total. The van der Waals surface area contributed by atoms with Gasteiger partial charge in [-0.1, -0.05) is 48.5 Å². The Hall–Kier alpha value is -2.06. The van der Waals surface area contributed by atoms with Gasteiger partial charge < -0.3 is 0 Å². The molecule has 1 saturated heterocycles. The molecule has 3 rings (SSSR count). The maximum Gasteiger partial charge on any atom is 0.186 e. The second kappa shape index (κ2) is 7.01. The Balaban J connectivity index is 1.93. The number of thioether (sulfide) groups is 1. The maximum atomic E-state index is 12.8. The molecule has 2 aromatic rings. The summed E-state index contributed by atoms with van der Waals surface area (Å²) in [6, 6.07) is 16.4. The highest BCUT2D eigenvalue weighted by atomic mass is 32.2. The van der Waals surface area contributed by atoms with Crippen molar-refractivity contribution in [1.29, 1.82) is 0 Å². The van der Waals surface area contributed by atoms with Crippen LogP contribution in [0.4, 0.5) is 0 Å². The Labute approximate surface area is 142 Å². The van der Waals surface area contributed by atoms with E-state index in [1.165, 1.54) is 11.1 Å². The van der Waals surface area contributed by atoms with E-state index < -0.39 is 0 Å². The fourth-order valence-corrected chi connectivity index (χ4v) is 3.67. The van der Waals surface area contributed by atoms with Crippen LogP contribution in [0.25, 0.3) is 12.2 Å². The van der Waals surface area contributed by atoms with Crippen LogP contribution in [0.15, 0.2) is 59.7 Å². The fourth-order valence-electron chi connectivity index (χ4n) is 2.70. The number of carbonyl (C=O) groups excluding carboxylic acids is 1. The van der Waals surface area contributed by atoms with Crippen molar-refractivity contribution >= 4 is 29.7 Å². The number of Topliss-reactive ketones (excluding diaryl/α,β-unsaturated/α-hetero) is 1. The predicted molar refractivity (Wildman–Crippen MR) is 101 cm³/mol. The molecular weight excluding hydrogens is 300 g/mol. The van der Waals surface area contributed by atoms with Crippen LogP contribution in [0.5, 0.6) is 0 Å². The van der Waals surface area contributed by atoms with E-state index >= 15 is 0 Å². The number of hydrogen-bond donors (Lipinski definition) is 0. The highest BCUT2D eigenvalue weighted by Gasteiger charge is 2.21. The van der Waals surface area contributed by atoms with Crippen LogP contribution in [-0.4, -0.2) is 17.3 Å². The molecule has 0 atom stereocenters. The molecular formula is C21H20OS. The topological polar surface area (TPSA) is 17.1 Å². The van der Waals surface area contributed by atoms with E-state index in [1.54, 1.807) is 0 Å². The molecule has 0 spiro atoms. The second-order valence-corrected chi connectivity index (χ2v) is 6.86. The summed E-state index contributed by atoms with van der Waals surface area (Å²) in [7, 11) is 0. The Kier molecular flexibility index (Phi) is 4.82. The lowest BCUT2D eigenvalue weighted by molar-refractivity contribution is -0.112. The zero-order chi connectivity index (χ0) is 16.2. The zero-order valence-corrected chi connectivity index (χ0v) is 14.3. The number of aryl methyl sites for hydroxylation is 2. The molecule has 0 aliphatic carbocycles. The monoisotopic (exact) mass is 320 g/mol. The molecule has 2 heteroatoms. The van der Waals surface area contributed by atoms with E-state index in [9.17, 15) is 4.79 Å². The third kappa shape index (κ3) is 3.65. The average molecular weight is 320 g/mol. The van der Waals surface area contributed by atoms with Crippen molar-refractivity contribution in [2.75, 3.05) is 11.5 Å². The summed E-state index contributed by atoms with van der Waals surface area (Å²) in [4.78, 5) is 12.8. The van der Waals surface area contributed by atoms with E-state index in [-0.39, 0.29) is 5.78 Å². The lowest BCUT2D eigenvalue weighted by Gasteiger charge is -2.17. The van der Waals surface area contributed by atoms with Crippen LogP contribution in [-0.2, 0) is 4.79 Å². The Morgan fingerprint density at radius 1 is 0.783 bits per heavy atom. The second-order valence-electron chi connectivity index (χ2n) is 5.87. The van der Waals surface area contributed by atoms with Crippen molar-refractivity contribution in [2.24, 2.45) is 0 Å². The molecule has 2 aromatic carbocycles. The largest absolute Gasteiger partial charge is 0.289 e. The Morgan fingerprint density at radius 2 is 1.22 bits per heavy atom. The van der Waals surface area contributed by atoms with Gasteiger partial charge in [-0.25, -0.2) is 0 Å². The highest BCUT2D eigenvalue weighted by Crippen LogP contribution is 2.28. The highest BCUT2D eigenvalue weighted by molar-refractivity contribution is 7.99. The van der Waals surface area contributed by atoms with Gasteiger partial charge in [-0.05, 0) is 48.3 Å². The first-order valence-electron chi connectivity index (χ1n) is 7.80. The Morgan fingerprint density at radius 3 is 1.65 bits per heavy atom. The van der Waals surface area contributed by atoms with Crippen LogP contribution in [0.3, 0.4) is 0 Å². The standard InChI is InChI=1S/C21H20OS/c1-15-7-3-5-9-17(15)11-19-13-23-14-20(21(19)22)12-18-10-6-4-8-16(18)2/h3-12H,13-14H2,1-2H3/b19-11+,20-12+. The molecule has 0 radical (unpaired) electrons. The first-order valence-corrected chi connectivity index (χ1v) is 8.95. The summed E-state index contributed by atoms with van der Waals surface area (Å²) in [5.41, 5.74) is 6.47. The first-order chi connectivity index (χ1) is 11.1. The van der Waals surface area contributed by atoms with Crippen molar-refractivity contribution in [3.63, 3.8) is 0 Å². The molecule has 116 valence electrons. The third-order valence-corrected chi connectivity index (χ3v) is 5.17. The Bertz CT molecular complexity index is 733. The number of rotatable bonds is 2. The van der Waals surface area contributed by atoms with Crippen molar-refractivity contribution < 1.29 is 4.79 Å². The van der Waals surface area contributed by atoms with Gasteiger partial charge in [-0.15, -0.1) is 0 Å². The van der Waals surface area contributed by atoms with E-state index in [0.29, 0.717) is 0 Å². The van der Waals surface area contributed by atoms with E-state index in [2.05, 4.69) is 50.3 Å². The summed E-state index contributed by atoms with van der Waals surface area (Å²) in [5, 5.41) is 0. The summed E-state index contributed by atoms with van der Waals surface area (Å²) in [6.07, 6.45) is 4.10. The average Bonchev–Trinajstić information content (AvgIpc) is 2.55. The minimum Gasteiger partial charge on any atom is -0.289 e. The molecule has 23 heavy (non-hydrogen) atoms. The molecule has 1 aliphatic heterocycles. The summed E-state index contributed by atoms with van der Waals surface area (Å²) in [5.74, 6) is 1.77. The number of carbonyl (C=O) groups is 1. The SMILES string of the molecule is Cc1ccccc1/C=C1\CSC/C(=C\c2ccccc2C)C1=O. The van der Waals surface area contributed by atoms with Crippen LogP contribution >= 0.6 is 11.8 Å². The molecule has 1 nitrogen and oxygen atoms in total. The molecule has 1 heterocycles. The van der Waals surface area contributed by atoms with Crippen molar-refractivity contribution in [3.8, 4) is 0 Å². The summed E-state index contributed by atoms with van der Waals surface area (Å²) in [6.45, 7) is 4.16. The minimum absolute atomic E-state index is 0.190. The maximum absolute atomic E-state index is 12.8. The van der Waals surface area contributed by atoms with Gasteiger partial charge in [0.25, 0.3) is 0 Å².